The fraction of sp³-hybridized carbons (Fsp3) is 0.188. The number of rotatable bonds is 3. The Bertz CT molecular complexity index is 879. The van der Waals surface area contributed by atoms with Crippen LogP contribution in [0.15, 0.2) is 39.5 Å². The van der Waals surface area contributed by atoms with Gasteiger partial charge in [0.15, 0.2) is 11.3 Å². The molecule has 3 aromatic rings. The average molecular weight is 286 g/mol. The van der Waals surface area contributed by atoms with Crippen LogP contribution in [-0.2, 0) is 0 Å². The van der Waals surface area contributed by atoms with Gasteiger partial charge in [0.2, 0.25) is 5.75 Å². The summed E-state index contributed by atoms with van der Waals surface area (Å²) in [6.45, 7) is 0. The molecule has 0 atom stereocenters. The van der Waals surface area contributed by atoms with Gasteiger partial charge in [-0.3, -0.25) is 0 Å². The monoisotopic (exact) mass is 286 g/mol. The van der Waals surface area contributed by atoms with Gasteiger partial charge in [-0.15, -0.1) is 0 Å². The summed E-state index contributed by atoms with van der Waals surface area (Å²) < 4.78 is 21.2. The van der Waals surface area contributed by atoms with Crippen molar-refractivity contribution >= 4 is 21.7 Å². The zero-order valence-electron chi connectivity index (χ0n) is 11.9. The van der Waals surface area contributed by atoms with E-state index in [1.807, 2.05) is 6.07 Å². The minimum absolute atomic E-state index is 0.364. The Morgan fingerprint density at radius 3 is 2.29 bits per heavy atom. The summed E-state index contributed by atoms with van der Waals surface area (Å²) in [4.78, 5) is 12.2. The maximum Gasteiger partial charge on any atom is 0.344 e. The van der Waals surface area contributed by atoms with Crippen molar-refractivity contribution in [2.45, 2.75) is 0 Å². The van der Waals surface area contributed by atoms with Crippen molar-refractivity contribution in [3.05, 3.63) is 40.8 Å². The molecule has 0 spiro atoms. The van der Waals surface area contributed by atoms with Crippen LogP contribution in [0.3, 0.4) is 0 Å². The second-order valence-electron chi connectivity index (χ2n) is 4.48. The van der Waals surface area contributed by atoms with Gasteiger partial charge in [0.1, 0.15) is 5.75 Å². The van der Waals surface area contributed by atoms with Crippen molar-refractivity contribution in [1.29, 1.82) is 0 Å². The number of fused-ring (bicyclic) bond motifs is 3. The number of hydrogen-bond donors (Lipinski definition) is 0. The van der Waals surface area contributed by atoms with Crippen LogP contribution < -0.4 is 19.8 Å². The number of benzene rings is 2. The molecule has 0 bridgehead atoms. The van der Waals surface area contributed by atoms with Crippen LogP contribution in [0, 0.1) is 0 Å². The summed E-state index contributed by atoms with van der Waals surface area (Å²) in [5, 5.41) is 2.01. The maximum atomic E-state index is 12.2. The molecule has 1 heterocycles. The van der Waals surface area contributed by atoms with Crippen molar-refractivity contribution in [2.75, 3.05) is 21.3 Å². The first kappa shape index (κ1) is 13.3. The van der Waals surface area contributed by atoms with Crippen LogP contribution >= 0.6 is 0 Å². The summed E-state index contributed by atoms with van der Waals surface area (Å²) in [7, 11) is 4.62. The number of ether oxygens (including phenoxy) is 3. The van der Waals surface area contributed by atoms with E-state index >= 15 is 0 Å². The lowest BCUT2D eigenvalue weighted by atomic mass is 10.1. The number of hydrogen-bond acceptors (Lipinski definition) is 5. The topological polar surface area (TPSA) is 57.9 Å². The lowest BCUT2D eigenvalue weighted by Gasteiger charge is -2.11. The minimum Gasteiger partial charge on any atom is -0.497 e. The third-order valence-electron chi connectivity index (χ3n) is 3.43. The molecule has 3 rings (SSSR count). The zero-order chi connectivity index (χ0) is 15.0. The van der Waals surface area contributed by atoms with Gasteiger partial charge in [0.05, 0.1) is 26.7 Å². The second-order valence-corrected chi connectivity index (χ2v) is 4.48. The summed E-state index contributed by atoms with van der Waals surface area (Å²) in [6, 6.07) is 8.84. The fourth-order valence-corrected chi connectivity index (χ4v) is 2.41. The first-order valence-corrected chi connectivity index (χ1v) is 6.35. The standard InChI is InChI=1S/C16H14O5/c1-18-9-4-5-11-12(8-9)10-6-7-13(19-2)15(20-3)14(10)21-16(11)17/h4-8H,1-3H3. The van der Waals surface area contributed by atoms with Crippen molar-refractivity contribution in [1.82, 2.24) is 0 Å². The van der Waals surface area contributed by atoms with Crippen LogP contribution in [0.5, 0.6) is 17.2 Å². The Balaban J connectivity index is 2.51. The van der Waals surface area contributed by atoms with Crippen LogP contribution in [0.1, 0.15) is 0 Å². The molecule has 0 unspecified atom stereocenters. The van der Waals surface area contributed by atoms with Crippen molar-refractivity contribution < 1.29 is 18.6 Å². The Morgan fingerprint density at radius 2 is 1.62 bits per heavy atom. The first-order valence-electron chi connectivity index (χ1n) is 6.35. The van der Waals surface area contributed by atoms with E-state index in [4.69, 9.17) is 18.6 Å². The van der Waals surface area contributed by atoms with E-state index in [0.717, 1.165) is 10.8 Å². The molecule has 0 aliphatic heterocycles. The van der Waals surface area contributed by atoms with Crippen LogP contribution in [0.2, 0.25) is 0 Å². The van der Waals surface area contributed by atoms with Crippen molar-refractivity contribution in [3.63, 3.8) is 0 Å². The van der Waals surface area contributed by atoms with E-state index in [1.54, 1.807) is 31.4 Å². The van der Waals surface area contributed by atoms with E-state index in [9.17, 15) is 4.79 Å². The molecule has 1 aromatic heterocycles. The smallest absolute Gasteiger partial charge is 0.344 e. The molecule has 0 aliphatic rings. The molecular weight excluding hydrogens is 272 g/mol. The van der Waals surface area contributed by atoms with Gasteiger partial charge in [-0.05, 0) is 30.3 Å². The second kappa shape index (κ2) is 5.01. The number of methoxy groups -OCH3 is 3. The first-order chi connectivity index (χ1) is 10.2. The van der Waals surface area contributed by atoms with Crippen LogP contribution in [0.25, 0.3) is 21.7 Å². The maximum absolute atomic E-state index is 12.2. The normalized spacial score (nSPS) is 10.8. The van der Waals surface area contributed by atoms with Gasteiger partial charge in [0.25, 0.3) is 0 Å². The van der Waals surface area contributed by atoms with Gasteiger partial charge in [-0.1, -0.05) is 0 Å². The Hall–Kier alpha value is -2.69. The van der Waals surface area contributed by atoms with E-state index in [0.29, 0.717) is 28.2 Å². The molecule has 5 heteroatoms. The van der Waals surface area contributed by atoms with Crippen LogP contribution in [0.4, 0.5) is 0 Å². The SMILES string of the molecule is COc1ccc2c(=O)oc3c(OC)c(OC)ccc3c2c1. The third-order valence-corrected chi connectivity index (χ3v) is 3.43. The van der Waals surface area contributed by atoms with E-state index in [2.05, 4.69) is 0 Å². The Kier molecular flexibility index (Phi) is 3.17. The molecule has 0 radical (unpaired) electrons. The molecule has 0 aliphatic carbocycles. The molecule has 0 amide bonds. The third kappa shape index (κ3) is 1.98. The highest BCUT2D eigenvalue weighted by Crippen LogP contribution is 2.37. The summed E-state index contributed by atoms with van der Waals surface area (Å²) in [6.07, 6.45) is 0. The van der Waals surface area contributed by atoms with Gasteiger partial charge < -0.3 is 18.6 Å². The summed E-state index contributed by atoms with van der Waals surface area (Å²) >= 11 is 0. The largest absolute Gasteiger partial charge is 0.497 e. The molecule has 108 valence electrons. The van der Waals surface area contributed by atoms with E-state index < -0.39 is 5.63 Å². The Morgan fingerprint density at radius 1 is 0.857 bits per heavy atom. The lowest BCUT2D eigenvalue weighted by molar-refractivity contribution is 0.352. The summed E-state index contributed by atoms with van der Waals surface area (Å²) in [5.41, 5.74) is -0.0608. The zero-order valence-corrected chi connectivity index (χ0v) is 11.9. The highest BCUT2D eigenvalue weighted by atomic mass is 16.5. The molecule has 0 N–H and O–H groups in total. The summed E-state index contributed by atoms with van der Waals surface area (Å²) in [5.74, 6) is 1.58. The molecule has 0 fully saturated rings. The van der Waals surface area contributed by atoms with Gasteiger partial charge in [-0.2, -0.15) is 0 Å². The predicted octanol–water partition coefficient (Wildman–Crippen LogP) is 2.97. The van der Waals surface area contributed by atoms with E-state index in [1.165, 1.54) is 14.2 Å². The quantitative estimate of drug-likeness (QED) is 0.547. The molecule has 2 aromatic carbocycles. The van der Waals surface area contributed by atoms with Crippen molar-refractivity contribution in [2.24, 2.45) is 0 Å². The highest BCUT2D eigenvalue weighted by Gasteiger charge is 2.16. The Labute approximate surface area is 120 Å². The fourth-order valence-electron chi connectivity index (χ4n) is 2.41. The predicted molar refractivity (Wildman–Crippen MR) is 79.6 cm³/mol. The molecular formula is C16H14O5. The molecule has 0 saturated carbocycles. The lowest BCUT2D eigenvalue weighted by Crippen LogP contribution is -2.02. The van der Waals surface area contributed by atoms with Crippen LogP contribution in [-0.4, -0.2) is 21.3 Å². The van der Waals surface area contributed by atoms with Gasteiger partial charge in [0, 0.05) is 10.8 Å². The van der Waals surface area contributed by atoms with Crippen molar-refractivity contribution in [3.8, 4) is 17.2 Å². The average Bonchev–Trinajstić information content (AvgIpc) is 2.53. The van der Waals surface area contributed by atoms with Gasteiger partial charge >= 0.3 is 5.63 Å². The van der Waals surface area contributed by atoms with Gasteiger partial charge in [-0.25, -0.2) is 4.79 Å². The minimum atomic E-state index is -0.424. The molecule has 5 nitrogen and oxygen atoms in total. The highest BCUT2D eigenvalue weighted by molar-refractivity contribution is 6.07. The molecule has 21 heavy (non-hydrogen) atoms. The molecule has 0 saturated heterocycles. The van der Waals surface area contributed by atoms with E-state index in [-0.39, 0.29) is 0 Å².